The molecule has 0 heterocycles. The van der Waals surface area contributed by atoms with Gasteiger partial charge in [0.1, 0.15) is 0 Å². The van der Waals surface area contributed by atoms with Crippen LogP contribution in [0.25, 0.3) is 0 Å². The van der Waals surface area contributed by atoms with E-state index in [1.807, 2.05) is 13.8 Å². The topological polar surface area (TPSA) is 67.8 Å². The largest absolute Gasteiger partial charge is 0.490 e. The Kier molecular flexibility index (Phi) is 6.87. The Bertz CT molecular complexity index is 432. The molecule has 0 aliphatic heterocycles. The van der Waals surface area contributed by atoms with E-state index >= 15 is 0 Å². The predicted molar refractivity (Wildman–Crippen MR) is 78.3 cm³/mol. The summed E-state index contributed by atoms with van der Waals surface area (Å²) in [7, 11) is 0. The zero-order valence-electron chi connectivity index (χ0n) is 12.3. The summed E-state index contributed by atoms with van der Waals surface area (Å²) in [4.78, 5) is 11.7. The molecule has 5 heteroatoms. The highest BCUT2D eigenvalue weighted by Gasteiger charge is 2.09. The van der Waals surface area contributed by atoms with Crippen LogP contribution in [0.2, 0.25) is 0 Å². The van der Waals surface area contributed by atoms with Crippen LogP contribution in [0.15, 0.2) is 18.2 Å². The van der Waals surface area contributed by atoms with Gasteiger partial charge in [-0.05, 0) is 39.3 Å². The molecule has 1 unspecified atom stereocenters. The first-order valence-corrected chi connectivity index (χ1v) is 6.94. The SMILES string of the molecule is CCOc1ccc(NC(=O)CCC(C)O)cc1OCC. The van der Waals surface area contributed by atoms with Crippen molar-refractivity contribution in [2.45, 2.75) is 39.7 Å². The van der Waals surface area contributed by atoms with Crippen molar-refractivity contribution in [3.05, 3.63) is 18.2 Å². The van der Waals surface area contributed by atoms with E-state index in [2.05, 4.69) is 5.32 Å². The Morgan fingerprint density at radius 1 is 1.25 bits per heavy atom. The average molecular weight is 281 g/mol. The second-order valence-corrected chi connectivity index (χ2v) is 4.46. The summed E-state index contributed by atoms with van der Waals surface area (Å²) in [5, 5.41) is 11.9. The molecule has 0 saturated heterocycles. The van der Waals surface area contributed by atoms with Crippen LogP contribution in [-0.4, -0.2) is 30.3 Å². The fourth-order valence-corrected chi connectivity index (χ4v) is 1.69. The summed E-state index contributed by atoms with van der Waals surface area (Å²) >= 11 is 0. The van der Waals surface area contributed by atoms with Crippen LogP contribution >= 0.6 is 0 Å². The van der Waals surface area contributed by atoms with Gasteiger partial charge in [-0.1, -0.05) is 0 Å². The van der Waals surface area contributed by atoms with Crippen LogP contribution in [0.4, 0.5) is 5.69 Å². The molecule has 0 aliphatic carbocycles. The zero-order valence-corrected chi connectivity index (χ0v) is 12.3. The van der Waals surface area contributed by atoms with Gasteiger partial charge in [-0.2, -0.15) is 0 Å². The minimum atomic E-state index is -0.472. The van der Waals surface area contributed by atoms with Gasteiger partial charge >= 0.3 is 0 Å². The molecule has 1 aromatic rings. The van der Waals surface area contributed by atoms with Gasteiger partial charge in [0, 0.05) is 18.2 Å². The van der Waals surface area contributed by atoms with E-state index in [-0.39, 0.29) is 12.3 Å². The van der Waals surface area contributed by atoms with Crippen molar-refractivity contribution in [1.82, 2.24) is 0 Å². The van der Waals surface area contributed by atoms with Crippen molar-refractivity contribution in [3.63, 3.8) is 0 Å². The Hall–Kier alpha value is -1.75. The van der Waals surface area contributed by atoms with Gasteiger partial charge in [0.05, 0.1) is 19.3 Å². The zero-order chi connectivity index (χ0) is 15.0. The van der Waals surface area contributed by atoms with Gasteiger partial charge in [-0.3, -0.25) is 4.79 Å². The number of aliphatic hydroxyl groups excluding tert-OH is 1. The molecule has 1 atom stereocenters. The molecule has 20 heavy (non-hydrogen) atoms. The lowest BCUT2D eigenvalue weighted by Crippen LogP contribution is -2.14. The number of rotatable bonds is 8. The van der Waals surface area contributed by atoms with Gasteiger partial charge in [0.2, 0.25) is 5.91 Å². The number of hydrogen-bond donors (Lipinski definition) is 2. The first kappa shape index (κ1) is 16.3. The highest BCUT2D eigenvalue weighted by Crippen LogP contribution is 2.30. The van der Waals surface area contributed by atoms with Crippen LogP contribution in [0, 0.1) is 0 Å². The van der Waals surface area contributed by atoms with E-state index in [9.17, 15) is 4.79 Å². The van der Waals surface area contributed by atoms with Crippen molar-refractivity contribution < 1.29 is 19.4 Å². The number of carbonyl (C=O) groups excluding carboxylic acids is 1. The summed E-state index contributed by atoms with van der Waals surface area (Å²) in [6.07, 6.45) is 0.260. The Balaban J connectivity index is 2.70. The lowest BCUT2D eigenvalue weighted by molar-refractivity contribution is -0.116. The maximum Gasteiger partial charge on any atom is 0.224 e. The van der Waals surface area contributed by atoms with Crippen molar-refractivity contribution in [3.8, 4) is 11.5 Å². The summed E-state index contributed by atoms with van der Waals surface area (Å²) in [5.74, 6) is 1.15. The third-order valence-corrected chi connectivity index (χ3v) is 2.62. The van der Waals surface area contributed by atoms with E-state index in [1.54, 1.807) is 25.1 Å². The smallest absolute Gasteiger partial charge is 0.224 e. The van der Waals surface area contributed by atoms with E-state index < -0.39 is 6.10 Å². The van der Waals surface area contributed by atoms with E-state index in [0.29, 0.717) is 36.8 Å². The summed E-state index contributed by atoms with van der Waals surface area (Å²) in [6, 6.07) is 5.29. The Morgan fingerprint density at radius 3 is 2.50 bits per heavy atom. The summed E-state index contributed by atoms with van der Waals surface area (Å²) in [5.41, 5.74) is 0.660. The molecule has 5 nitrogen and oxygen atoms in total. The number of anilines is 1. The molecular formula is C15H23NO4. The second-order valence-electron chi connectivity index (χ2n) is 4.46. The standard InChI is InChI=1S/C15H23NO4/c1-4-19-13-8-7-12(10-14(13)20-5-2)16-15(18)9-6-11(3)17/h7-8,10-11,17H,4-6,9H2,1-3H3,(H,16,18). The van der Waals surface area contributed by atoms with Crippen LogP contribution in [0.5, 0.6) is 11.5 Å². The molecule has 0 fully saturated rings. The number of hydrogen-bond acceptors (Lipinski definition) is 4. The second kappa shape index (κ2) is 8.43. The monoisotopic (exact) mass is 281 g/mol. The van der Waals surface area contributed by atoms with E-state index in [4.69, 9.17) is 14.6 Å². The van der Waals surface area contributed by atoms with Crippen LogP contribution in [0.1, 0.15) is 33.6 Å². The van der Waals surface area contributed by atoms with Gasteiger partial charge in [0.15, 0.2) is 11.5 Å². The molecule has 0 spiro atoms. The molecule has 0 saturated carbocycles. The highest BCUT2D eigenvalue weighted by atomic mass is 16.5. The molecule has 0 aliphatic rings. The molecule has 0 aromatic heterocycles. The molecule has 1 amide bonds. The van der Waals surface area contributed by atoms with Gasteiger partial charge < -0.3 is 19.9 Å². The summed E-state index contributed by atoms with van der Waals surface area (Å²) < 4.78 is 11.0. The average Bonchev–Trinajstić information content (AvgIpc) is 2.40. The lowest BCUT2D eigenvalue weighted by atomic mass is 10.2. The fraction of sp³-hybridized carbons (Fsp3) is 0.533. The number of aliphatic hydroxyl groups is 1. The van der Waals surface area contributed by atoms with Gasteiger partial charge in [-0.25, -0.2) is 0 Å². The normalized spacial score (nSPS) is 11.8. The molecule has 2 N–H and O–H groups in total. The number of ether oxygens (including phenoxy) is 2. The third-order valence-electron chi connectivity index (χ3n) is 2.62. The highest BCUT2D eigenvalue weighted by molar-refractivity contribution is 5.91. The summed E-state index contributed by atoms with van der Waals surface area (Å²) in [6.45, 7) is 6.54. The maximum atomic E-state index is 11.7. The van der Waals surface area contributed by atoms with Crippen molar-refractivity contribution in [2.75, 3.05) is 18.5 Å². The van der Waals surface area contributed by atoms with Crippen LogP contribution in [-0.2, 0) is 4.79 Å². The first-order chi connectivity index (χ1) is 9.56. The van der Waals surface area contributed by atoms with E-state index in [0.717, 1.165) is 0 Å². The maximum absolute atomic E-state index is 11.7. The Labute approximate surface area is 119 Å². The minimum absolute atomic E-state index is 0.127. The molecule has 0 bridgehead atoms. The number of carbonyl (C=O) groups is 1. The molecule has 0 radical (unpaired) electrons. The minimum Gasteiger partial charge on any atom is -0.490 e. The van der Waals surface area contributed by atoms with Crippen molar-refractivity contribution >= 4 is 11.6 Å². The number of nitrogens with one attached hydrogen (secondary N) is 1. The predicted octanol–water partition coefficient (Wildman–Crippen LogP) is 2.58. The van der Waals surface area contributed by atoms with Crippen molar-refractivity contribution in [2.24, 2.45) is 0 Å². The molecule has 1 aromatic carbocycles. The first-order valence-electron chi connectivity index (χ1n) is 6.94. The Morgan fingerprint density at radius 2 is 1.90 bits per heavy atom. The van der Waals surface area contributed by atoms with Gasteiger partial charge in [-0.15, -0.1) is 0 Å². The van der Waals surface area contributed by atoms with Crippen LogP contribution in [0.3, 0.4) is 0 Å². The molecule has 112 valence electrons. The molecular weight excluding hydrogens is 258 g/mol. The van der Waals surface area contributed by atoms with Crippen LogP contribution < -0.4 is 14.8 Å². The number of amides is 1. The van der Waals surface area contributed by atoms with Gasteiger partial charge in [0.25, 0.3) is 0 Å². The third kappa shape index (κ3) is 5.48. The lowest BCUT2D eigenvalue weighted by Gasteiger charge is -2.13. The van der Waals surface area contributed by atoms with E-state index in [1.165, 1.54) is 0 Å². The van der Waals surface area contributed by atoms with Crippen molar-refractivity contribution in [1.29, 1.82) is 0 Å². The number of benzene rings is 1. The molecule has 1 rings (SSSR count). The quantitative estimate of drug-likeness (QED) is 0.768. The fourth-order valence-electron chi connectivity index (χ4n) is 1.69.